The Morgan fingerprint density at radius 2 is 2.05 bits per heavy atom. The molecule has 1 N–H and O–H groups in total. The number of hydrogen-bond acceptors (Lipinski definition) is 3. The summed E-state index contributed by atoms with van der Waals surface area (Å²) in [4.78, 5) is 16.7. The van der Waals surface area contributed by atoms with E-state index in [2.05, 4.69) is 23.2 Å². The molecule has 102 valence electrons. The van der Waals surface area contributed by atoms with Crippen LogP contribution in [0, 0.1) is 0 Å². The first-order chi connectivity index (χ1) is 10.2. The highest BCUT2D eigenvalue weighted by Crippen LogP contribution is 2.38. The van der Waals surface area contributed by atoms with Gasteiger partial charge in [-0.25, -0.2) is 4.79 Å². The molecule has 0 atom stereocenters. The molecule has 0 spiro atoms. The van der Waals surface area contributed by atoms with Gasteiger partial charge in [0.15, 0.2) is 0 Å². The van der Waals surface area contributed by atoms with E-state index in [0.29, 0.717) is 12.1 Å². The molecule has 2 aromatic carbocycles. The maximum atomic E-state index is 11.3. The quantitative estimate of drug-likeness (QED) is 0.770. The Hall–Kier alpha value is -2.46. The number of carbonyl (C=O) groups is 1. The van der Waals surface area contributed by atoms with E-state index in [9.17, 15) is 9.90 Å². The molecule has 0 aliphatic carbocycles. The lowest BCUT2D eigenvalue weighted by molar-refractivity contribution is 0.0697. The highest BCUT2D eigenvalue weighted by molar-refractivity contribution is 7.22. The highest BCUT2D eigenvalue weighted by atomic mass is 32.1. The summed E-state index contributed by atoms with van der Waals surface area (Å²) in [6.07, 6.45) is 1.76. The van der Waals surface area contributed by atoms with E-state index in [1.54, 1.807) is 29.7 Å². The summed E-state index contributed by atoms with van der Waals surface area (Å²) in [5.74, 6) is -0.902. The summed E-state index contributed by atoms with van der Waals surface area (Å²) in [5, 5.41) is 10.5. The third-order valence-corrected chi connectivity index (χ3v) is 4.85. The molecule has 0 radical (unpaired) electrons. The van der Waals surface area contributed by atoms with Crippen LogP contribution in [-0.4, -0.2) is 17.3 Å². The number of nitrogens with zero attached hydrogens (tertiary/aromatic N) is 1. The molecule has 4 rings (SSSR count). The minimum absolute atomic E-state index is 0.314. The molecule has 21 heavy (non-hydrogen) atoms. The lowest BCUT2D eigenvalue weighted by atomic mass is 9.98. The molecule has 0 unspecified atom stereocenters. The third kappa shape index (κ3) is 1.96. The minimum Gasteiger partial charge on any atom is -0.478 e. The van der Waals surface area contributed by atoms with E-state index >= 15 is 0 Å². The molecule has 4 heteroatoms. The van der Waals surface area contributed by atoms with Gasteiger partial charge in [0.1, 0.15) is 0 Å². The molecular formula is C17H11NO2S. The van der Waals surface area contributed by atoms with Crippen molar-refractivity contribution in [3.8, 4) is 10.4 Å². The fourth-order valence-electron chi connectivity index (χ4n) is 2.68. The van der Waals surface area contributed by atoms with Gasteiger partial charge in [0.25, 0.3) is 0 Å². The van der Waals surface area contributed by atoms with Gasteiger partial charge in [-0.2, -0.15) is 0 Å². The zero-order valence-electron chi connectivity index (χ0n) is 11.0. The Morgan fingerprint density at radius 1 is 1.19 bits per heavy atom. The van der Waals surface area contributed by atoms with Gasteiger partial charge in [0.2, 0.25) is 0 Å². The number of carboxylic acid groups (broad SMARTS) is 1. The normalized spacial score (nSPS) is 12.8. The van der Waals surface area contributed by atoms with Crippen LogP contribution in [-0.2, 0) is 6.54 Å². The molecule has 0 bridgehead atoms. The van der Waals surface area contributed by atoms with Crippen molar-refractivity contribution in [1.29, 1.82) is 0 Å². The van der Waals surface area contributed by atoms with Crippen LogP contribution in [0.3, 0.4) is 0 Å². The topological polar surface area (TPSA) is 49.7 Å². The average molecular weight is 293 g/mol. The third-order valence-electron chi connectivity index (χ3n) is 3.70. The molecule has 1 aromatic heterocycles. The monoisotopic (exact) mass is 293 g/mol. The molecule has 1 aliphatic rings. The average Bonchev–Trinajstić information content (AvgIpc) is 3.12. The predicted molar refractivity (Wildman–Crippen MR) is 85.5 cm³/mol. The Balaban J connectivity index is 1.97. The van der Waals surface area contributed by atoms with Gasteiger partial charge in [-0.15, -0.1) is 11.3 Å². The molecule has 0 saturated heterocycles. The number of rotatable bonds is 2. The smallest absolute Gasteiger partial charge is 0.335 e. The highest BCUT2D eigenvalue weighted by Gasteiger charge is 2.18. The van der Waals surface area contributed by atoms with Gasteiger partial charge < -0.3 is 5.11 Å². The number of aromatic carboxylic acids is 1. The number of thiophene rings is 1. The summed E-state index contributed by atoms with van der Waals surface area (Å²) in [7, 11) is 0. The maximum Gasteiger partial charge on any atom is 0.335 e. The summed E-state index contributed by atoms with van der Waals surface area (Å²) >= 11 is 1.69. The zero-order valence-corrected chi connectivity index (χ0v) is 11.9. The van der Waals surface area contributed by atoms with Crippen LogP contribution in [0.25, 0.3) is 20.5 Å². The lowest BCUT2D eigenvalue weighted by Crippen LogP contribution is -2.00. The molecule has 0 saturated carbocycles. The molecule has 1 aliphatic heterocycles. The fourth-order valence-corrected chi connectivity index (χ4v) is 3.79. The van der Waals surface area contributed by atoms with Crippen LogP contribution in [0.15, 0.2) is 47.5 Å². The van der Waals surface area contributed by atoms with Crippen LogP contribution in [0.5, 0.6) is 0 Å². The predicted octanol–water partition coefficient (Wildman–Crippen LogP) is 4.20. The minimum atomic E-state index is -0.902. The summed E-state index contributed by atoms with van der Waals surface area (Å²) < 4.78 is 1.21. The second kappa shape index (κ2) is 4.53. The summed E-state index contributed by atoms with van der Waals surface area (Å²) in [5.41, 5.74) is 3.34. The molecule has 0 amide bonds. The lowest BCUT2D eigenvalue weighted by Gasteiger charge is -2.07. The number of benzene rings is 2. The molecular weight excluding hydrogens is 282 g/mol. The van der Waals surface area contributed by atoms with Crippen LogP contribution < -0.4 is 0 Å². The van der Waals surface area contributed by atoms with Gasteiger partial charge in [-0.05, 0) is 46.3 Å². The standard InChI is InChI=1S/C17H11NO2S/c19-17(20)11-5-12-8-18-9-14(12)13(6-11)16-7-10-3-1-2-4-15(10)21-16/h1-8H,9H2,(H,19,20). The van der Waals surface area contributed by atoms with Crippen molar-refractivity contribution in [2.45, 2.75) is 6.54 Å². The van der Waals surface area contributed by atoms with E-state index in [1.807, 2.05) is 12.1 Å². The van der Waals surface area contributed by atoms with E-state index in [4.69, 9.17) is 0 Å². The van der Waals surface area contributed by atoms with E-state index in [0.717, 1.165) is 21.6 Å². The zero-order chi connectivity index (χ0) is 14.4. The van der Waals surface area contributed by atoms with Gasteiger partial charge in [-0.3, -0.25) is 4.99 Å². The fraction of sp³-hybridized carbons (Fsp3) is 0.0588. The van der Waals surface area contributed by atoms with E-state index in [-0.39, 0.29) is 0 Å². The molecule has 2 heterocycles. The first kappa shape index (κ1) is 12.3. The number of carboxylic acids is 1. The molecule has 0 fully saturated rings. The second-order valence-corrected chi connectivity index (χ2v) is 6.10. The molecule has 3 nitrogen and oxygen atoms in total. The van der Waals surface area contributed by atoms with Crippen LogP contribution in [0.4, 0.5) is 0 Å². The van der Waals surface area contributed by atoms with Gasteiger partial charge in [0.05, 0.1) is 12.1 Å². The Kier molecular flexibility index (Phi) is 2.65. The molecule has 3 aromatic rings. The van der Waals surface area contributed by atoms with Crippen molar-refractivity contribution in [3.05, 3.63) is 59.2 Å². The number of fused-ring (bicyclic) bond motifs is 2. The van der Waals surface area contributed by atoms with Crippen LogP contribution in [0.1, 0.15) is 21.5 Å². The van der Waals surface area contributed by atoms with Gasteiger partial charge in [0, 0.05) is 15.8 Å². The van der Waals surface area contributed by atoms with E-state index < -0.39 is 5.97 Å². The first-order valence-electron chi connectivity index (χ1n) is 6.61. The first-order valence-corrected chi connectivity index (χ1v) is 7.43. The van der Waals surface area contributed by atoms with Crippen LogP contribution >= 0.6 is 11.3 Å². The Morgan fingerprint density at radius 3 is 2.86 bits per heavy atom. The van der Waals surface area contributed by atoms with Crippen molar-refractivity contribution in [2.75, 3.05) is 0 Å². The SMILES string of the molecule is O=C(O)c1cc2c(c(-c3cc4ccccc4s3)c1)CN=C2. The van der Waals surface area contributed by atoms with Crippen molar-refractivity contribution in [3.63, 3.8) is 0 Å². The van der Waals surface area contributed by atoms with Crippen molar-refractivity contribution < 1.29 is 9.90 Å². The Bertz CT molecular complexity index is 875. The van der Waals surface area contributed by atoms with Crippen LogP contribution in [0.2, 0.25) is 0 Å². The van der Waals surface area contributed by atoms with Crippen molar-refractivity contribution >= 4 is 33.6 Å². The van der Waals surface area contributed by atoms with Crippen molar-refractivity contribution in [2.24, 2.45) is 4.99 Å². The van der Waals surface area contributed by atoms with Gasteiger partial charge >= 0.3 is 5.97 Å². The van der Waals surface area contributed by atoms with Crippen molar-refractivity contribution in [1.82, 2.24) is 0 Å². The summed E-state index contributed by atoms with van der Waals surface area (Å²) in [6.45, 7) is 0.624. The van der Waals surface area contributed by atoms with E-state index in [1.165, 1.54) is 10.1 Å². The second-order valence-electron chi connectivity index (χ2n) is 5.02. The maximum absolute atomic E-state index is 11.3. The Labute approximate surface area is 125 Å². The van der Waals surface area contributed by atoms with Gasteiger partial charge in [-0.1, -0.05) is 18.2 Å². The largest absolute Gasteiger partial charge is 0.478 e. The number of aliphatic imine (C=N–C) groups is 1. The summed E-state index contributed by atoms with van der Waals surface area (Å²) in [6, 6.07) is 13.8. The number of hydrogen-bond donors (Lipinski definition) is 1.